The Bertz CT molecular complexity index is 273. The average molecular weight is 355 g/mol. The molecule has 0 atom stereocenters. The molecule has 0 aromatic rings. The molecular weight excluding hydrogens is 308 g/mol. The van der Waals surface area contributed by atoms with Crippen LogP contribution >= 0.6 is 0 Å². The molecule has 0 bridgehead atoms. The van der Waals surface area contributed by atoms with Crippen LogP contribution in [0, 0.1) is 5.92 Å². The Kier molecular flexibility index (Phi) is 19.4. The SMILES string of the molecule is CCCCCCCCCCCCCCCCCC(=O)OCCC(C)C. The van der Waals surface area contributed by atoms with Gasteiger partial charge in [0.05, 0.1) is 6.61 Å². The van der Waals surface area contributed by atoms with E-state index in [0.29, 0.717) is 18.9 Å². The maximum Gasteiger partial charge on any atom is 0.305 e. The topological polar surface area (TPSA) is 26.3 Å². The van der Waals surface area contributed by atoms with Gasteiger partial charge in [-0.15, -0.1) is 0 Å². The number of carbonyl (C=O) groups excluding carboxylic acids is 1. The van der Waals surface area contributed by atoms with Crippen molar-refractivity contribution in [3.05, 3.63) is 0 Å². The Morgan fingerprint density at radius 1 is 0.680 bits per heavy atom. The normalized spacial score (nSPS) is 11.2. The third-order valence-corrected chi connectivity index (χ3v) is 4.94. The summed E-state index contributed by atoms with van der Waals surface area (Å²) < 4.78 is 5.23. The van der Waals surface area contributed by atoms with Gasteiger partial charge < -0.3 is 4.74 Å². The van der Waals surface area contributed by atoms with E-state index in [1.807, 2.05) is 0 Å². The highest BCUT2D eigenvalue weighted by Crippen LogP contribution is 2.13. The first kappa shape index (κ1) is 24.5. The van der Waals surface area contributed by atoms with Gasteiger partial charge in [0, 0.05) is 6.42 Å². The standard InChI is InChI=1S/C23H46O2/c1-4-5-6-7-8-9-10-11-12-13-14-15-16-17-18-19-23(24)25-21-20-22(2)3/h22H,4-21H2,1-3H3. The fourth-order valence-corrected chi connectivity index (χ4v) is 3.12. The summed E-state index contributed by atoms with van der Waals surface area (Å²) >= 11 is 0. The fourth-order valence-electron chi connectivity index (χ4n) is 3.12. The number of hydrogen-bond donors (Lipinski definition) is 0. The zero-order valence-corrected chi connectivity index (χ0v) is 17.6. The molecule has 0 aromatic heterocycles. The van der Waals surface area contributed by atoms with E-state index in [4.69, 9.17) is 4.74 Å². The van der Waals surface area contributed by atoms with Crippen molar-refractivity contribution in [2.75, 3.05) is 6.61 Å². The molecular formula is C23H46O2. The molecule has 0 unspecified atom stereocenters. The third-order valence-electron chi connectivity index (χ3n) is 4.94. The van der Waals surface area contributed by atoms with E-state index >= 15 is 0 Å². The number of esters is 1. The summed E-state index contributed by atoms with van der Waals surface area (Å²) in [6.07, 6.45) is 21.9. The second kappa shape index (κ2) is 19.8. The lowest BCUT2D eigenvalue weighted by atomic mass is 10.0. The van der Waals surface area contributed by atoms with Gasteiger partial charge in [-0.3, -0.25) is 4.79 Å². The average Bonchev–Trinajstić information content (AvgIpc) is 2.58. The minimum atomic E-state index is -0.00431. The molecule has 2 heteroatoms. The quantitative estimate of drug-likeness (QED) is 0.174. The maximum atomic E-state index is 11.5. The van der Waals surface area contributed by atoms with Crippen LogP contribution in [0.2, 0.25) is 0 Å². The predicted molar refractivity (Wildman–Crippen MR) is 110 cm³/mol. The van der Waals surface area contributed by atoms with Crippen LogP contribution in [-0.4, -0.2) is 12.6 Å². The summed E-state index contributed by atoms with van der Waals surface area (Å²) in [5.74, 6) is 0.605. The van der Waals surface area contributed by atoms with Crippen molar-refractivity contribution >= 4 is 5.97 Å². The van der Waals surface area contributed by atoms with E-state index in [9.17, 15) is 4.79 Å². The van der Waals surface area contributed by atoms with Gasteiger partial charge in [0.25, 0.3) is 0 Å². The molecule has 0 saturated heterocycles. The minimum absolute atomic E-state index is 0.00431. The number of rotatable bonds is 19. The summed E-state index contributed by atoms with van der Waals surface area (Å²) in [6.45, 7) is 7.18. The van der Waals surface area contributed by atoms with Crippen LogP contribution in [-0.2, 0) is 9.53 Å². The van der Waals surface area contributed by atoms with E-state index in [2.05, 4.69) is 20.8 Å². The van der Waals surface area contributed by atoms with E-state index in [1.54, 1.807) is 0 Å². The fraction of sp³-hybridized carbons (Fsp3) is 0.957. The lowest BCUT2D eigenvalue weighted by Crippen LogP contribution is -2.07. The van der Waals surface area contributed by atoms with Crippen molar-refractivity contribution < 1.29 is 9.53 Å². The predicted octanol–water partition coefficient (Wildman–Crippen LogP) is 7.84. The van der Waals surface area contributed by atoms with Crippen LogP contribution in [0.3, 0.4) is 0 Å². The van der Waals surface area contributed by atoms with Crippen LogP contribution in [0.4, 0.5) is 0 Å². The van der Waals surface area contributed by atoms with Crippen LogP contribution in [0.15, 0.2) is 0 Å². The number of ether oxygens (including phenoxy) is 1. The molecule has 150 valence electrons. The zero-order valence-electron chi connectivity index (χ0n) is 17.6. The second-order valence-corrected chi connectivity index (χ2v) is 8.10. The van der Waals surface area contributed by atoms with Crippen LogP contribution in [0.25, 0.3) is 0 Å². The molecule has 2 nitrogen and oxygen atoms in total. The van der Waals surface area contributed by atoms with Crippen molar-refractivity contribution in [2.24, 2.45) is 5.92 Å². The molecule has 0 aliphatic rings. The van der Waals surface area contributed by atoms with Gasteiger partial charge in [0.15, 0.2) is 0 Å². The first-order valence-corrected chi connectivity index (χ1v) is 11.3. The molecule has 0 fully saturated rings. The van der Waals surface area contributed by atoms with Crippen molar-refractivity contribution in [3.8, 4) is 0 Å². The van der Waals surface area contributed by atoms with Crippen molar-refractivity contribution in [1.29, 1.82) is 0 Å². The van der Waals surface area contributed by atoms with Crippen molar-refractivity contribution in [2.45, 2.75) is 130 Å². The second-order valence-electron chi connectivity index (χ2n) is 8.10. The maximum absolute atomic E-state index is 11.5. The Labute approximate surface area is 158 Å². The highest BCUT2D eigenvalue weighted by Gasteiger charge is 2.03. The van der Waals surface area contributed by atoms with E-state index in [1.165, 1.54) is 89.9 Å². The molecule has 0 rings (SSSR count). The minimum Gasteiger partial charge on any atom is -0.466 e. The smallest absolute Gasteiger partial charge is 0.305 e. The molecule has 0 amide bonds. The van der Waals surface area contributed by atoms with Crippen LogP contribution in [0.5, 0.6) is 0 Å². The Morgan fingerprint density at radius 2 is 1.08 bits per heavy atom. The first-order chi connectivity index (χ1) is 12.2. The van der Waals surface area contributed by atoms with Gasteiger partial charge in [-0.2, -0.15) is 0 Å². The number of hydrogen-bond acceptors (Lipinski definition) is 2. The van der Waals surface area contributed by atoms with Gasteiger partial charge in [-0.05, 0) is 18.8 Å². The molecule has 0 N–H and O–H groups in total. The van der Waals surface area contributed by atoms with Gasteiger partial charge in [-0.1, -0.05) is 111 Å². The van der Waals surface area contributed by atoms with E-state index in [0.717, 1.165) is 12.8 Å². The number of carbonyl (C=O) groups is 1. The van der Waals surface area contributed by atoms with Crippen LogP contribution in [0.1, 0.15) is 130 Å². The molecule has 0 aliphatic carbocycles. The first-order valence-electron chi connectivity index (χ1n) is 11.3. The molecule has 0 radical (unpaired) electrons. The summed E-state index contributed by atoms with van der Waals surface area (Å²) in [5, 5.41) is 0. The highest BCUT2D eigenvalue weighted by atomic mass is 16.5. The molecule has 0 heterocycles. The largest absolute Gasteiger partial charge is 0.466 e. The lowest BCUT2D eigenvalue weighted by molar-refractivity contribution is -0.144. The van der Waals surface area contributed by atoms with E-state index < -0.39 is 0 Å². The Balaban J connectivity index is 3.10. The number of unbranched alkanes of at least 4 members (excludes halogenated alkanes) is 14. The molecule has 25 heavy (non-hydrogen) atoms. The summed E-state index contributed by atoms with van der Waals surface area (Å²) in [5.41, 5.74) is 0. The molecule has 0 spiro atoms. The van der Waals surface area contributed by atoms with Gasteiger partial charge in [0.1, 0.15) is 0 Å². The van der Waals surface area contributed by atoms with Gasteiger partial charge in [-0.25, -0.2) is 0 Å². The highest BCUT2D eigenvalue weighted by molar-refractivity contribution is 5.69. The summed E-state index contributed by atoms with van der Waals surface area (Å²) in [4.78, 5) is 11.5. The Hall–Kier alpha value is -0.530. The lowest BCUT2D eigenvalue weighted by Gasteiger charge is -2.06. The summed E-state index contributed by atoms with van der Waals surface area (Å²) in [7, 11) is 0. The Morgan fingerprint density at radius 3 is 1.48 bits per heavy atom. The van der Waals surface area contributed by atoms with Crippen LogP contribution < -0.4 is 0 Å². The van der Waals surface area contributed by atoms with Gasteiger partial charge in [0.2, 0.25) is 0 Å². The van der Waals surface area contributed by atoms with Gasteiger partial charge >= 0.3 is 5.97 Å². The molecule has 0 aliphatic heterocycles. The molecule has 0 aromatic carbocycles. The summed E-state index contributed by atoms with van der Waals surface area (Å²) in [6, 6.07) is 0. The third kappa shape index (κ3) is 21.4. The van der Waals surface area contributed by atoms with Crippen molar-refractivity contribution in [3.63, 3.8) is 0 Å². The van der Waals surface area contributed by atoms with E-state index in [-0.39, 0.29) is 5.97 Å². The monoisotopic (exact) mass is 354 g/mol. The zero-order chi connectivity index (χ0) is 18.6. The molecule has 0 saturated carbocycles. The van der Waals surface area contributed by atoms with Crippen molar-refractivity contribution in [1.82, 2.24) is 0 Å².